The Morgan fingerprint density at radius 2 is 2.20 bits per heavy atom. The van der Waals surface area contributed by atoms with E-state index in [2.05, 4.69) is 20.9 Å². The molecule has 1 aliphatic rings. The van der Waals surface area contributed by atoms with E-state index in [0.717, 1.165) is 30.1 Å². The summed E-state index contributed by atoms with van der Waals surface area (Å²) in [4.78, 5) is 22.1. The van der Waals surface area contributed by atoms with Crippen molar-refractivity contribution in [1.82, 2.24) is 9.97 Å². The number of H-pyrrole nitrogens is 1. The van der Waals surface area contributed by atoms with E-state index in [1.807, 2.05) is 24.3 Å². The molecule has 3 aromatic rings. The van der Waals surface area contributed by atoms with E-state index in [0.29, 0.717) is 29.0 Å². The highest BCUT2D eigenvalue weighted by Gasteiger charge is 2.20. The summed E-state index contributed by atoms with van der Waals surface area (Å²) in [5.74, 6) is 1.28. The van der Waals surface area contributed by atoms with Crippen molar-refractivity contribution >= 4 is 28.2 Å². The van der Waals surface area contributed by atoms with Gasteiger partial charge in [-0.05, 0) is 42.7 Å². The van der Waals surface area contributed by atoms with Crippen LogP contribution in [0.2, 0.25) is 5.02 Å². The van der Waals surface area contributed by atoms with Gasteiger partial charge in [0.15, 0.2) is 0 Å². The second kappa shape index (κ2) is 6.41. The summed E-state index contributed by atoms with van der Waals surface area (Å²) in [6.45, 7) is 1.41. The zero-order chi connectivity index (χ0) is 17.4. The maximum atomic E-state index is 12.4. The number of fused-ring (bicyclic) bond motifs is 2. The number of benzene rings is 2. The fraction of sp³-hybridized carbons (Fsp3) is 0.263. The second-order valence-electron chi connectivity index (χ2n) is 6.17. The molecular weight excluding hydrogens is 338 g/mol. The number of aromatic nitrogens is 2. The van der Waals surface area contributed by atoms with E-state index in [1.54, 1.807) is 13.2 Å². The zero-order valence-corrected chi connectivity index (χ0v) is 14.6. The lowest BCUT2D eigenvalue weighted by molar-refractivity contribution is 0.415. The van der Waals surface area contributed by atoms with Gasteiger partial charge in [0.05, 0.1) is 35.3 Å². The third kappa shape index (κ3) is 2.96. The monoisotopic (exact) mass is 355 g/mol. The van der Waals surface area contributed by atoms with Crippen molar-refractivity contribution in [2.45, 2.75) is 19.4 Å². The Labute approximate surface area is 150 Å². The van der Waals surface area contributed by atoms with Crippen molar-refractivity contribution in [1.29, 1.82) is 0 Å². The van der Waals surface area contributed by atoms with E-state index in [1.165, 1.54) is 5.56 Å². The molecule has 1 N–H and O–H groups in total. The SMILES string of the molecule is COc1ccc2nc(CN3CCCc4cccc(Cl)c43)[nH]c(=O)c2c1. The largest absolute Gasteiger partial charge is 0.497 e. The molecule has 0 amide bonds. The van der Waals surface area contributed by atoms with Crippen molar-refractivity contribution in [3.05, 3.63) is 63.2 Å². The van der Waals surface area contributed by atoms with Gasteiger partial charge in [-0.15, -0.1) is 0 Å². The maximum Gasteiger partial charge on any atom is 0.258 e. The summed E-state index contributed by atoms with van der Waals surface area (Å²) in [5.41, 5.74) is 2.80. The lowest BCUT2D eigenvalue weighted by Gasteiger charge is -2.31. The predicted molar refractivity (Wildman–Crippen MR) is 99.7 cm³/mol. The highest BCUT2D eigenvalue weighted by Crippen LogP contribution is 2.34. The first-order valence-electron chi connectivity index (χ1n) is 8.25. The van der Waals surface area contributed by atoms with Crippen molar-refractivity contribution < 1.29 is 4.74 Å². The lowest BCUT2D eigenvalue weighted by Crippen LogP contribution is -2.30. The molecule has 5 nitrogen and oxygen atoms in total. The number of rotatable bonds is 3. The van der Waals surface area contributed by atoms with Crippen LogP contribution in [0.5, 0.6) is 5.75 Å². The van der Waals surface area contributed by atoms with E-state index in [9.17, 15) is 4.79 Å². The number of nitrogens with one attached hydrogen (secondary N) is 1. The number of para-hydroxylation sites is 1. The molecule has 0 spiro atoms. The first kappa shape index (κ1) is 16.0. The molecule has 0 atom stereocenters. The summed E-state index contributed by atoms with van der Waals surface area (Å²) in [6, 6.07) is 11.3. The van der Waals surface area contributed by atoms with Crippen LogP contribution < -0.4 is 15.2 Å². The molecule has 2 heterocycles. The molecule has 1 aliphatic heterocycles. The number of halogens is 1. The fourth-order valence-corrected chi connectivity index (χ4v) is 3.71. The Bertz CT molecular complexity index is 1000. The number of methoxy groups -OCH3 is 1. The van der Waals surface area contributed by atoms with Gasteiger partial charge in [-0.1, -0.05) is 23.7 Å². The van der Waals surface area contributed by atoms with Crippen LogP contribution in [0.15, 0.2) is 41.2 Å². The Morgan fingerprint density at radius 1 is 1.32 bits per heavy atom. The Hall–Kier alpha value is -2.53. The van der Waals surface area contributed by atoms with Crippen molar-refractivity contribution in [2.75, 3.05) is 18.6 Å². The molecule has 0 bridgehead atoms. The average molecular weight is 356 g/mol. The molecule has 25 heavy (non-hydrogen) atoms. The molecule has 0 unspecified atom stereocenters. The first-order chi connectivity index (χ1) is 12.2. The van der Waals surface area contributed by atoms with Crippen LogP contribution in [0, 0.1) is 0 Å². The van der Waals surface area contributed by atoms with Crippen molar-refractivity contribution in [3.63, 3.8) is 0 Å². The molecule has 4 rings (SSSR count). The van der Waals surface area contributed by atoms with E-state index in [4.69, 9.17) is 16.3 Å². The molecule has 0 radical (unpaired) electrons. The number of ether oxygens (including phenoxy) is 1. The van der Waals surface area contributed by atoms with Gasteiger partial charge in [0, 0.05) is 6.54 Å². The normalized spacial score (nSPS) is 13.8. The summed E-state index contributed by atoms with van der Waals surface area (Å²) >= 11 is 6.41. The van der Waals surface area contributed by atoms with Gasteiger partial charge in [0.2, 0.25) is 0 Å². The van der Waals surface area contributed by atoms with Gasteiger partial charge in [0.25, 0.3) is 5.56 Å². The lowest BCUT2D eigenvalue weighted by atomic mass is 10.0. The number of aryl methyl sites for hydroxylation is 1. The maximum absolute atomic E-state index is 12.4. The Kier molecular flexibility index (Phi) is 4.09. The van der Waals surface area contributed by atoms with Gasteiger partial charge in [-0.2, -0.15) is 0 Å². The number of anilines is 1. The molecule has 6 heteroatoms. The molecule has 0 saturated heterocycles. The van der Waals surface area contributed by atoms with Crippen molar-refractivity contribution in [3.8, 4) is 5.75 Å². The fourth-order valence-electron chi connectivity index (χ4n) is 3.40. The van der Waals surface area contributed by atoms with E-state index < -0.39 is 0 Å². The van der Waals surface area contributed by atoms with E-state index in [-0.39, 0.29) is 5.56 Å². The van der Waals surface area contributed by atoms with Crippen LogP contribution >= 0.6 is 11.6 Å². The van der Waals surface area contributed by atoms with Gasteiger partial charge in [-0.25, -0.2) is 4.98 Å². The van der Waals surface area contributed by atoms with Crippen LogP contribution in [-0.4, -0.2) is 23.6 Å². The molecule has 0 aliphatic carbocycles. The van der Waals surface area contributed by atoms with Gasteiger partial charge >= 0.3 is 0 Å². The summed E-state index contributed by atoms with van der Waals surface area (Å²) < 4.78 is 5.18. The predicted octanol–water partition coefficient (Wildman–Crippen LogP) is 3.54. The summed E-state index contributed by atoms with van der Waals surface area (Å²) in [7, 11) is 1.58. The molecule has 0 saturated carbocycles. The zero-order valence-electron chi connectivity index (χ0n) is 13.9. The third-order valence-electron chi connectivity index (χ3n) is 4.56. The summed E-state index contributed by atoms with van der Waals surface area (Å²) in [5, 5.41) is 1.27. The van der Waals surface area contributed by atoms with Gasteiger partial charge in [-0.3, -0.25) is 4.79 Å². The van der Waals surface area contributed by atoms with Crippen LogP contribution in [0.1, 0.15) is 17.8 Å². The van der Waals surface area contributed by atoms with Crippen LogP contribution in [0.3, 0.4) is 0 Å². The molecule has 1 aromatic heterocycles. The Balaban J connectivity index is 1.72. The molecular formula is C19H18ClN3O2. The number of hydrogen-bond acceptors (Lipinski definition) is 4. The van der Waals surface area contributed by atoms with E-state index >= 15 is 0 Å². The topological polar surface area (TPSA) is 58.2 Å². The third-order valence-corrected chi connectivity index (χ3v) is 4.87. The highest BCUT2D eigenvalue weighted by atomic mass is 35.5. The van der Waals surface area contributed by atoms with Crippen LogP contribution in [0.4, 0.5) is 5.69 Å². The molecule has 0 fully saturated rings. The minimum absolute atomic E-state index is 0.157. The minimum atomic E-state index is -0.157. The standard InChI is InChI=1S/C19H18ClN3O2/c1-25-13-7-8-16-14(10-13)19(24)22-17(21-16)11-23-9-3-5-12-4-2-6-15(20)18(12)23/h2,4,6-8,10H,3,5,9,11H2,1H3,(H,21,22,24). The Morgan fingerprint density at radius 3 is 3.04 bits per heavy atom. The molecule has 2 aromatic carbocycles. The number of aromatic amines is 1. The first-order valence-corrected chi connectivity index (χ1v) is 8.63. The number of hydrogen-bond donors (Lipinski definition) is 1. The average Bonchev–Trinajstić information content (AvgIpc) is 2.62. The van der Waals surface area contributed by atoms with Crippen molar-refractivity contribution in [2.24, 2.45) is 0 Å². The quantitative estimate of drug-likeness (QED) is 0.780. The van der Waals surface area contributed by atoms with Gasteiger partial charge < -0.3 is 14.6 Å². The smallest absolute Gasteiger partial charge is 0.258 e. The van der Waals surface area contributed by atoms with Crippen LogP contribution in [-0.2, 0) is 13.0 Å². The number of nitrogens with zero attached hydrogens (tertiary/aromatic N) is 2. The van der Waals surface area contributed by atoms with Gasteiger partial charge in [0.1, 0.15) is 11.6 Å². The molecule has 128 valence electrons. The minimum Gasteiger partial charge on any atom is -0.497 e. The highest BCUT2D eigenvalue weighted by molar-refractivity contribution is 6.33. The van der Waals surface area contributed by atoms with Crippen LogP contribution in [0.25, 0.3) is 10.9 Å². The summed E-state index contributed by atoms with van der Waals surface area (Å²) in [6.07, 6.45) is 2.08. The second-order valence-corrected chi connectivity index (χ2v) is 6.58.